The fourth-order valence-corrected chi connectivity index (χ4v) is 8.00. The predicted molar refractivity (Wildman–Crippen MR) is 148 cm³/mol. The molecule has 0 aromatic heterocycles. The Morgan fingerprint density at radius 1 is 1.08 bits per heavy atom. The Balaban J connectivity index is 2.23. The van der Waals surface area contributed by atoms with Gasteiger partial charge in [-0.1, -0.05) is 75.2 Å². The molecule has 4 atom stereocenters. The molecule has 0 saturated carbocycles. The summed E-state index contributed by atoms with van der Waals surface area (Å²) in [5.41, 5.74) is 0.443. The summed E-state index contributed by atoms with van der Waals surface area (Å²) in [6.07, 6.45) is 0.317. The molecule has 1 fully saturated rings. The number of sulfone groups is 1. The minimum atomic E-state index is -3.48. The molecule has 0 spiro atoms. The van der Waals surface area contributed by atoms with Crippen LogP contribution in [0.4, 0.5) is 0 Å². The summed E-state index contributed by atoms with van der Waals surface area (Å²) in [7, 11) is -3.48. The number of piperidine rings is 1. The largest absolute Gasteiger partial charge is 0.481 e. The summed E-state index contributed by atoms with van der Waals surface area (Å²) in [5, 5.41) is 10.8. The van der Waals surface area contributed by atoms with E-state index < -0.39 is 33.3 Å². The second-order valence-corrected chi connectivity index (χ2v) is 13.8. The molecule has 0 bridgehead atoms. The van der Waals surface area contributed by atoms with Gasteiger partial charge >= 0.3 is 5.97 Å². The van der Waals surface area contributed by atoms with Gasteiger partial charge in [-0.15, -0.1) is 0 Å². The van der Waals surface area contributed by atoms with Crippen molar-refractivity contribution in [3.63, 3.8) is 0 Å². The van der Waals surface area contributed by atoms with Crippen molar-refractivity contribution in [3.05, 3.63) is 69.7 Å². The van der Waals surface area contributed by atoms with Crippen LogP contribution in [0.5, 0.6) is 0 Å². The van der Waals surface area contributed by atoms with Crippen LogP contribution in [-0.2, 0) is 19.4 Å². The van der Waals surface area contributed by atoms with Gasteiger partial charge in [0, 0.05) is 22.0 Å². The molecule has 202 valence electrons. The quantitative estimate of drug-likeness (QED) is 0.359. The highest BCUT2D eigenvalue weighted by Gasteiger charge is 2.52. The zero-order valence-corrected chi connectivity index (χ0v) is 24.0. The van der Waals surface area contributed by atoms with Crippen LogP contribution in [0.25, 0.3) is 0 Å². The van der Waals surface area contributed by atoms with Crippen molar-refractivity contribution in [3.8, 4) is 0 Å². The number of hydrogen-bond donors (Lipinski definition) is 1. The van der Waals surface area contributed by atoms with Crippen LogP contribution in [0.2, 0.25) is 10.0 Å². The maximum absolute atomic E-state index is 14.2. The summed E-state index contributed by atoms with van der Waals surface area (Å²) < 4.78 is 26.2. The molecule has 1 amide bonds. The van der Waals surface area contributed by atoms with Gasteiger partial charge in [-0.25, -0.2) is 8.42 Å². The van der Waals surface area contributed by atoms with Crippen LogP contribution in [0.3, 0.4) is 0 Å². The van der Waals surface area contributed by atoms with E-state index in [4.69, 9.17) is 23.2 Å². The molecule has 37 heavy (non-hydrogen) atoms. The normalized spacial score (nSPS) is 23.3. The molecule has 1 N–H and O–H groups in total. The molecule has 1 heterocycles. The number of carboxylic acids is 1. The molecular weight excluding hydrogens is 533 g/mol. The van der Waals surface area contributed by atoms with Crippen LogP contribution in [0.1, 0.15) is 70.0 Å². The van der Waals surface area contributed by atoms with E-state index in [2.05, 4.69) is 0 Å². The van der Waals surface area contributed by atoms with E-state index in [0.717, 1.165) is 11.1 Å². The third-order valence-corrected chi connectivity index (χ3v) is 9.58. The first-order chi connectivity index (χ1) is 17.3. The summed E-state index contributed by atoms with van der Waals surface area (Å²) in [4.78, 5) is 27.8. The van der Waals surface area contributed by atoms with Crippen LogP contribution >= 0.6 is 23.2 Å². The summed E-state index contributed by atoms with van der Waals surface area (Å²) in [6.45, 7) is 7.22. The Kier molecular flexibility index (Phi) is 9.36. The average molecular weight is 569 g/mol. The number of aliphatic carboxylic acids is 1. The molecule has 6 nitrogen and oxygen atoms in total. The van der Waals surface area contributed by atoms with E-state index in [1.165, 1.54) is 0 Å². The fraction of sp³-hybridized carbons (Fsp3) is 0.500. The van der Waals surface area contributed by atoms with Gasteiger partial charge in [0.15, 0.2) is 9.84 Å². The Morgan fingerprint density at radius 2 is 1.73 bits per heavy atom. The third kappa shape index (κ3) is 7.06. The minimum absolute atomic E-state index is 0.0151. The van der Waals surface area contributed by atoms with Crippen LogP contribution in [-0.4, -0.2) is 47.8 Å². The van der Waals surface area contributed by atoms with E-state index >= 15 is 0 Å². The van der Waals surface area contributed by atoms with E-state index in [1.807, 2.05) is 51.1 Å². The molecular formula is C28H35Cl2NO5S. The molecule has 2 aromatic rings. The van der Waals surface area contributed by atoms with Crippen molar-refractivity contribution in [2.24, 2.45) is 11.3 Å². The van der Waals surface area contributed by atoms with E-state index in [0.29, 0.717) is 16.5 Å². The van der Waals surface area contributed by atoms with Crippen molar-refractivity contribution < 1.29 is 23.1 Å². The van der Waals surface area contributed by atoms with Crippen molar-refractivity contribution >= 4 is 44.9 Å². The van der Waals surface area contributed by atoms with Gasteiger partial charge in [-0.05, 0) is 54.2 Å². The van der Waals surface area contributed by atoms with Gasteiger partial charge < -0.3 is 10.0 Å². The van der Waals surface area contributed by atoms with E-state index in [-0.39, 0.29) is 42.1 Å². The monoisotopic (exact) mass is 567 g/mol. The Morgan fingerprint density at radius 3 is 2.27 bits per heavy atom. The van der Waals surface area contributed by atoms with Gasteiger partial charge in [0.25, 0.3) is 0 Å². The zero-order valence-electron chi connectivity index (χ0n) is 21.7. The second-order valence-electron chi connectivity index (χ2n) is 10.7. The number of carbonyl (C=O) groups excluding carboxylic acids is 1. The topological polar surface area (TPSA) is 91.8 Å². The summed E-state index contributed by atoms with van der Waals surface area (Å²) in [6, 6.07) is 13.4. The highest BCUT2D eigenvalue weighted by atomic mass is 35.5. The van der Waals surface area contributed by atoms with Gasteiger partial charge in [0.1, 0.15) is 0 Å². The van der Waals surface area contributed by atoms with Crippen molar-refractivity contribution in [2.75, 3.05) is 11.5 Å². The first-order valence-corrected chi connectivity index (χ1v) is 15.1. The van der Waals surface area contributed by atoms with Crippen LogP contribution in [0.15, 0.2) is 48.5 Å². The molecule has 0 aliphatic carbocycles. The Bertz CT molecular complexity index is 1230. The van der Waals surface area contributed by atoms with Gasteiger partial charge in [-0.2, -0.15) is 0 Å². The lowest BCUT2D eigenvalue weighted by Gasteiger charge is -2.51. The molecule has 2 aromatic carbocycles. The SMILES string of the molecule is CC[C@@H](CS(=O)(=O)CC(C)C)N1C(=O)[C@@](C)(CC(=O)O)CC(c2cccc(Cl)c2)[C@H]1c1ccc(Cl)cc1. The molecule has 1 aliphatic heterocycles. The Labute approximate surface area is 229 Å². The number of likely N-dealkylation sites (tertiary alicyclic amines) is 1. The van der Waals surface area contributed by atoms with Gasteiger partial charge in [-0.3, -0.25) is 9.59 Å². The first-order valence-electron chi connectivity index (χ1n) is 12.5. The summed E-state index contributed by atoms with van der Waals surface area (Å²) in [5.74, 6) is -1.97. The third-order valence-electron chi connectivity index (χ3n) is 7.03. The fourth-order valence-electron chi connectivity index (χ4n) is 5.54. The molecule has 9 heteroatoms. The van der Waals surface area contributed by atoms with Crippen LogP contribution in [0, 0.1) is 11.3 Å². The number of hydrogen-bond acceptors (Lipinski definition) is 4. The smallest absolute Gasteiger partial charge is 0.304 e. The number of amides is 1. The highest BCUT2D eigenvalue weighted by molar-refractivity contribution is 7.91. The Hall–Kier alpha value is -2.09. The molecule has 3 rings (SSSR count). The van der Waals surface area contributed by atoms with E-state index in [9.17, 15) is 23.1 Å². The highest BCUT2D eigenvalue weighted by Crippen LogP contribution is 2.52. The van der Waals surface area contributed by atoms with Crippen molar-refractivity contribution in [1.29, 1.82) is 0 Å². The standard InChI is InChI=1S/C28H35Cl2NO5S/c1-5-23(17-37(35,36)16-18(2)3)31-26(19-9-11-21(29)12-10-19)24(20-7-6-8-22(30)13-20)14-28(4,27(31)34)15-25(32)33/h6-13,18,23-24,26H,5,14-17H2,1-4H3,(H,32,33)/t23-,24?,26+,28+/m0/s1. The number of halogens is 2. The summed E-state index contributed by atoms with van der Waals surface area (Å²) >= 11 is 12.5. The molecule has 0 radical (unpaired) electrons. The van der Waals surface area contributed by atoms with Crippen molar-refractivity contribution in [2.45, 2.75) is 65.0 Å². The number of carbonyl (C=O) groups is 2. The van der Waals surface area contributed by atoms with Gasteiger partial charge in [0.05, 0.1) is 29.4 Å². The maximum atomic E-state index is 14.2. The number of benzene rings is 2. The lowest BCUT2D eigenvalue weighted by Crippen LogP contribution is -2.57. The molecule has 1 aliphatic rings. The van der Waals surface area contributed by atoms with E-state index in [1.54, 1.807) is 30.0 Å². The minimum Gasteiger partial charge on any atom is -0.481 e. The lowest BCUT2D eigenvalue weighted by atomic mass is 9.67. The van der Waals surface area contributed by atoms with Crippen molar-refractivity contribution in [1.82, 2.24) is 4.90 Å². The predicted octanol–water partition coefficient (Wildman–Crippen LogP) is 6.38. The maximum Gasteiger partial charge on any atom is 0.304 e. The number of carboxylic acid groups (broad SMARTS) is 1. The first kappa shape index (κ1) is 29.5. The van der Waals surface area contributed by atoms with Crippen LogP contribution < -0.4 is 0 Å². The lowest BCUT2D eigenvalue weighted by molar-refractivity contribution is -0.160. The van der Waals surface area contributed by atoms with Gasteiger partial charge in [0.2, 0.25) is 5.91 Å². The number of rotatable bonds is 10. The second kappa shape index (κ2) is 11.7. The molecule has 1 unspecified atom stereocenters. The zero-order chi connectivity index (χ0) is 27.5. The average Bonchev–Trinajstić information content (AvgIpc) is 2.78. The molecule has 1 saturated heterocycles. The number of nitrogens with zero attached hydrogens (tertiary/aromatic N) is 1.